The Morgan fingerprint density at radius 3 is 2.62 bits per heavy atom. The van der Waals surface area contributed by atoms with E-state index in [1.54, 1.807) is 25.5 Å². The van der Waals surface area contributed by atoms with Crippen LogP contribution in [0.2, 0.25) is 0 Å². The van der Waals surface area contributed by atoms with Crippen LogP contribution in [0.1, 0.15) is 20.3 Å². The number of hydrogen-bond donors (Lipinski definition) is 1. The number of aromatic nitrogens is 2. The molecule has 0 saturated carbocycles. The van der Waals surface area contributed by atoms with Crippen LogP contribution in [0.5, 0.6) is 0 Å². The number of nitrogens with zero attached hydrogens (tertiary/aromatic N) is 2. The van der Waals surface area contributed by atoms with Crippen LogP contribution < -0.4 is 4.72 Å². The van der Waals surface area contributed by atoms with Crippen molar-refractivity contribution >= 4 is 21.6 Å². The van der Waals surface area contributed by atoms with Crippen molar-refractivity contribution in [2.24, 2.45) is 7.05 Å². The first kappa shape index (κ1) is 13.5. The molecule has 92 valence electrons. The predicted octanol–water partition coefficient (Wildman–Crippen LogP) is 1.11. The van der Waals surface area contributed by atoms with Gasteiger partial charge in [0.1, 0.15) is 0 Å². The van der Waals surface area contributed by atoms with Crippen LogP contribution in [0.15, 0.2) is 17.6 Å². The minimum absolute atomic E-state index is 0.0256. The van der Waals surface area contributed by atoms with Gasteiger partial charge in [0.2, 0.25) is 0 Å². The van der Waals surface area contributed by atoms with Gasteiger partial charge in [-0.05, 0) is 20.3 Å². The monoisotopic (exact) mass is 265 g/mol. The lowest BCUT2D eigenvalue weighted by molar-refractivity contribution is 0.440. The van der Waals surface area contributed by atoms with E-state index in [-0.39, 0.29) is 5.03 Å². The molecule has 1 rings (SSSR count). The van der Waals surface area contributed by atoms with Crippen LogP contribution in [0.25, 0.3) is 0 Å². The largest absolute Gasteiger partial charge is 0.339 e. The second kappa shape index (κ2) is 4.73. The summed E-state index contributed by atoms with van der Waals surface area (Å²) in [4.78, 5) is 3.81. The van der Waals surface area contributed by atoms with Gasteiger partial charge >= 0.3 is 0 Å². The third-order valence-electron chi connectivity index (χ3n) is 2.09. The van der Waals surface area contributed by atoms with Crippen molar-refractivity contribution in [1.82, 2.24) is 14.3 Å². The molecule has 0 radical (unpaired) electrons. The molecule has 1 heterocycles. The Bertz CT molecular complexity index is 453. The molecule has 0 fully saturated rings. The fourth-order valence-corrected chi connectivity index (χ4v) is 3.13. The molecule has 0 bridgehead atoms. The third kappa shape index (κ3) is 3.47. The summed E-state index contributed by atoms with van der Waals surface area (Å²) in [7, 11) is -1.84. The van der Waals surface area contributed by atoms with Crippen molar-refractivity contribution in [3.8, 4) is 0 Å². The van der Waals surface area contributed by atoms with E-state index in [4.69, 9.17) is 11.6 Å². The van der Waals surface area contributed by atoms with Gasteiger partial charge < -0.3 is 4.57 Å². The summed E-state index contributed by atoms with van der Waals surface area (Å²) in [5, 5.41) is 0.0256. The molecule has 0 aromatic carbocycles. The fraction of sp³-hybridized carbons (Fsp3) is 0.667. The molecular weight excluding hydrogens is 250 g/mol. The Labute approximate surface area is 101 Å². The summed E-state index contributed by atoms with van der Waals surface area (Å²) < 4.78 is 28.0. The SMILES string of the molecule is Cn1cnc(S(=O)(=O)NC(C)(C)CCCl)c1. The summed E-state index contributed by atoms with van der Waals surface area (Å²) >= 11 is 5.61. The van der Waals surface area contributed by atoms with Gasteiger partial charge in [-0.25, -0.2) is 18.1 Å². The molecule has 5 nitrogen and oxygen atoms in total. The van der Waals surface area contributed by atoms with Crippen molar-refractivity contribution in [1.29, 1.82) is 0 Å². The molecule has 0 aliphatic rings. The van der Waals surface area contributed by atoms with Crippen molar-refractivity contribution < 1.29 is 8.42 Å². The molecule has 0 atom stereocenters. The average molecular weight is 266 g/mol. The Morgan fingerprint density at radius 1 is 1.56 bits per heavy atom. The van der Waals surface area contributed by atoms with Gasteiger partial charge in [-0.15, -0.1) is 11.6 Å². The summed E-state index contributed by atoms with van der Waals surface area (Å²) in [6, 6.07) is 0. The van der Waals surface area contributed by atoms with Crippen molar-refractivity contribution in [3.05, 3.63) is 12.5 Å². The second-order valence-corrected chi connectivity index (χ2v) is 6.31. The lowest BCUT2D eigenvalue weighted by Crippen LogP contribution is -2.43. The molecule has 0 unspecified atom stereocenters. The van der Waals surface area contributed by atoms with E-state index in [1.807, 2.05) is 0 Å². The van der Waals surface area contributed by atoms with Crippen LogP contribution >= 0.6 is 11.6 Å². The highest BCUT2D eigenvalue weighted by Crippen LogP contribution is 2.14. The molecule has 0 aliphatic heterocycles. The number of sulfonamides is 1. The molecule has 0 aliphatic carbocycles. The van der Waals surface area contributed by atoms with Crippen LogP contribution in [0.4, 0.5) is 0 Å². The second-order valence-electron chi connectivity index (χ2n) is 4.31. The molecule has 1 aromatic heterocycles. The third-order valence-corrected chi connectivity index (χ3v) is 3.86. The number of nitrogens with one attached hydrogen (secondary N) is 1. The molecule has 0 amide bonds. The Morgan fingerprint density at radius 2 is 2.19 bits per heavy atom. The van der Waals surface area contributed by atoms with Crippen molar-refractivity contribution in [3.63, 3.8) is 0 Å². The molecule has 0 saturated heterocycles. The van der Waals surface area contributed by atoms with E-state index in [0.29, 0.717) is 12.3 Å². The number of imidazole rings is 1. The topological polar surface area (TPSA) is 64.0 Å². The molecule has 7 heteroatoms. The molecule has 1 N–H and O–H groups in total. The Balaban J connectivity index is 2.88. The number of hydrogen-bond acceptors (Lipinski definition) is 3. The van der Waals surface area contributed by atoms with Crippen LogP contribution in [-0.4, -0.2) is 29.4 Å². The zero-order valence-corrected chi connectivity index (χ0v) is 11.1. The Hall–Kier alpha value is -0.590. The normalized spacial score (nSPS) is 13.0. The molecule has 0 spiro atoms. The van der Waals surface area contributed by atoms with Crippen LogP contribution in [-0.2, 0) is 17.1 Å². The van der Waals surface area contributed by atoms with Gasteiger partial charge in [0.15, 0.2) is 5.03 Å². The van der Waals surface area contributed by atoms with E-state index >= 15 is 0 Å². The first-order valence-electron chi connectivity index (χ1n) is 4.85. The minimum Gasteiger partial charge on any atom is -0.339 e. The number of halogens is 1. The van der Waals surface area contributed by atoms with E-state index in [0.717, 1.165) is 0 Å². The molecule has 1 aromatic rings. The maximum absolute atomic E-state index is 11.9. The number of rotatable bonds is 5. The maximum Gasteiger partial charge on any atom is 0.260 e. The summed E-state index contributed by atoms with van der Waals surface area (Å²) in [5.74, 6) is 0.401. The van der Waals surface area contributed by atoms with E-state index < -0.39 is 15.6 Å². The lowest BCUT2D eigenvalue weighted by atomic mass is 10.0. The van der Waals surface area contributed by atoms with Gasteiger partial charge in [-0.1, -0.05) is 0 Å². The summed E-state index contributed by atoms with van der Waals surface area (Å²) in [6.07, 6.45) is 3.46. The maximum atomic E-state index is 11.9. The smallest absolute Gasteiger partial charge is 0.260 e. The first-order chi connectivity index (χ1) is 7.27. The minimum atomic E-state index is -3.56. The summed E-state index contributed by atoms with van der Waals surface area (Å²) in [5.41, 5.74) is -0.571. The first-order valence-corrected chi connectivity index (χ1v) is 6.86. The molecular formula is C9H16ClN3O2S. The van der Waals surface area contributed by atoms with Crippen molar-refractivity contribution in [2.45, 2.75) is 30.8 Å². The number of alkyl halides is 1. The van der Waals surface area contributed by atoms with Gasteiger partial charge in [-0.3, -0.25) is 0 Å². The highest BCUT2D eigenvalue weighted by molar-refractivity contribution is 7.89. The van der Waals surface area contributed by atoms with Crippen LogP contribution in [0.3, 0.4) is 0 Å². The zero-order chi connectivity index (χ0) is 12.4. The van der Waals surface area contributed by atoms with Gasteiger partial charge in [0.25, 0.3) is 10.0 Å². The van der Waals surface area contributed by atoms with Crippen LogP contribution in [0, 0.1) is 0 Å². The van der Waals surface area contributed by atoms with E-state index in [2.05, 4.69) is 9.71 Å². The van der Waals surface area contributed by atoms with E-state index in [9.17, 15) is 8.42 Å². The number of aryl methyl sites for hydroxylation is 1. The van der Waals surface area contributed by atoms with E-state index in [1.165, 1.54) is 12.5 Å². The van der Waals surface area contributed by atoms with Gasteiger partial charge in [0, 0.05) is 24.7 Å². The van der Waals surface area contributed by atoms with Gasteiger partial charge in [-0.2, -0.15) is 0 Å². The zero-order valence-electron chi connectivity index (χ0n) is 9.57. The standard InChI is InChI=1S/C9H16ClN3O2S/c1-9(2,4-5-10)12-16(14,15)8-6-13(3)7-11-8/h6-7,12H,4-5H2,1-3H3. The Kier molecular flexibility index (Phi) is 3.98. The summed E-state index contributed by atoms with van der Waals surface area (Å²) in [6.45, 7) is 3.58. The van der Waals surface area contributed by atoms with Crippen molar-refractivity contribution in [2.75, 3.05) is 5.88 Å². The predicted molar refractivity (Wildman–Crippen MR) is 62.9 cm³/mol. The molecule has 16 heavy (non-hydrogen) atoms. The quantitative estimate of drug-likeness (QED) is 0.811. The average Bonchev–Trinajstić information content (AvgIpc) is 2.49. The highest BCUT2D eigenvalue weighted by Gasteiger charge is 2.26. The lowest BCUT2D eigenvalue weighted by Gasteiger charge is -2.24. The highest BCUT2D eigenvalue weighted by atomic mass is 35.5. The fourth-order valence-electron chi connectivity index (χ4n) is 1.23. The van der Waals surface area contributed by atoms with Gasteiger partial charge in [0.05, 0.1) is 6.33 Å².